The number of hydrogen-bond donors (Lipinski definition) is 0. The molecule has 0 unspecified atom stereocenters. The van der Waals surface area contributed by atoms with Crippen molar-refractivity contribution in [2.24, 2.45) is 0 Å². The quantitative estimate of drug-likeness (QED) is 0.517. The van der Waals surface area contributed by atoms with Crippen molar-refractivity contribution < 1.29 is 4.79 Å². The Bertz CT molecular complexity index is 888. The van der Waals surface area contributed by atoms with Gasteiger partial charge in [-0.15, -0.1) is 11.3 Å². The van der Waals surface area contributed by atoms with Gasteiger partial charge in [0.15, 0.2) is 0 Å². The molecule has 26 heavy (non-hydrogen) atoms. The van der Waals surface area contributed by atoms with Crippen molar-refractivity contribution in [2.75, 3.05) is 11.4 Å². The number of pyridine rings is 1. The van der Waals surface area contributed by atoms with Gasteiger partial charge in [-0.2, -0.15) is 0 Å². The Hall–Kier alpha value is -2.05. The van der Waals surface area contributed by atoms with Gasteiger partial charge in [0.05, 0.1) is 0 Å². The highest BCUT2D eigenvalue weighted by atomic mass is 79.9. The predicted octanol–water partition coefficient (Wildman–Crippen LogP) is 5.76. The second kappa shape index (κ2) is 8.10. The summed E-state index contributed by atoms with van der Waals surface area (Å²) in [6, 6.07) is 12.1. The van der Waals surface area contributed by atoms with Crippen LogP contribution in [0.5, 0.6) is 0 Å². The lowest BCUT2D eigenvalue weighted by molar-refractivity contribution is 0.0983. The molecule has 3 aromatic rings. The van der Waals surface area contributed by atoms with Crippen molar-refractivity contribution in [3.63, 3.8) is 0 Å². The van der Waals surface area contributed by atoms with Gasteiger partial charge in [0.25, 0.3) is 5.91 Å². The van der Waals surface area contributed by atoms with Gasteiger partial charge in [-0.25, -0.2) is 9.97 Å². The minimum absolute atomic E-state index is 0.136. The van der Waals surface area contributed by atoms with Gasteiger partial charge in [0.1, 0.15) is 16.5 Å². The van der Waals surface area contributed by atoms with Gasteiger partial charge in [-0.3, -0.25) is 9.69 Å². The zero-order valence-electron chi connectivity index (χ0n) is 14.9. The van der Waals surface area contributed by atoms with Crippen LogP contribution in [0, 0.1) is 0 Å². The van der Waals surface area contributed by atoms with Crippen LogP contribution in [0.2, 0.25) is 0 Å². The van der Waals surface area contributed by atoms with Crippen molar-refractivity contribution in [1.82, 2.24) is 9.97 Å². The molecule has 0 radical (unpaired) electrons. The van der Waals surface area contributed by atoms with E-state index in [2.05, 4.69) is 64.0 Å². The van der Waals surface area contributed by atoms with Gasteiger partial charge >= 0.3 is 0 Å². The van der Waals surface area contributed by atoms with E-state index >= 15 is 0 Å². The second-order valence-corrected chi connectivity index (χ2v) is 7.97. The van der Waals surface area contributed by atoms with Gasteiger partial charge in [0.2, 0.25) is 0 Å². The van der Waals surface area contributed by atoms with Gasteiger partial charge in [0, 0.05) is 28.2 Å². The maximum Gasteiger partial charge on any atom is 0.278 e. The zero-order chi connectivity index (χ0) is 18.7. The Balaban J connectivity index is 1.83. The molecule has 0 aliphatic carbocycles. The molecule has 0 aliphatic heterocycles. The van der Waals surface area contributed by atoms with Crippen molar-refractivity contribution in [2.45, 2.75) is 26.7 Å². The Morgan fingerprint density at radius 1 is 1.19 bits per heavy atom. The first-order valence-corrected chi connectivity index (χ1v) is 10.2. The molecule has 4 nitrogen and oxygen atoms in total. The summed E-state index contributed by atoms with van der Waals surface area (Å²) in [5.41, 5.74) is 2.77. The molecule has 0 atom stereocenters. The number of hydrogen-bond acceptors (Lipinski definition) is 4. The number of amides is 1. The number of nitrogens with zero attached hydrogens (tertiary/aromatic N) is 3. The fourth-order valence-electron chi connectivity index (χ4n) is 2.59. The number of anilines is 1. The van der Waals surface area contributed by atoms with E-state index in [-0.39, 0.29) is 5.91 Å². The third kappa shape index (κ3) is 4.02. The van der Waals surface area contributed by atoms with Gasteiger partial charge in [-0.05, 0) is 46.5 Å². The Morgan fingerprint density at radius 2 is 1.92 bits per heavy atom. The summed E-state index contributed by atoms with van der Waals surface area (Å²) in [5, 5.41) is 2.67. The van der Waals surface area contributed by atoms with Crippen molar-refractivity contribution >= 4 is 39.0 Å². The molecule has 0 aliphatic rings. The Morgan fingerprint density at radius 3 is 2.50 bits per heavy atom. The summed E-state index contributed by atoms with van der Waals surface area (Å²) in [7, 11) is 0. The van der Waals surface area contributed by atoms with E-state index < -0.39 is 0 Å². The topological polar surface area (TPSA) is 46.1 Å². The van der Waals surface area contributed by atoms with Crippen molar-refractivity contribution in [3.8, 4) is 10.6 Å². The third-order valence-electron chi connectivity index (χ3n) is 4.10. The Labute approximate surface area is 166 Å². The van der Waals surface area contributed by atoms with Crippen LogP contribution in [0.3, 0.4) is 0 Å². The number of halogens is 1. The molecule has 3 rings (SSSR count). The number of rotatable bonds is 5. The van der Waals surface area contributed by atoms with Crippen LogP contribution >= 0.6 is 27.3 Å². The molecule has 6 heteroatoms. The van der Waals surface area contributed by atoms with E-state index in [0.717, 1.165) is 15.0 Å². The number of aromatic nitrogens is 2. The number of thiazole rings is 1. The largest absolute Gasteiger partial charge is 0.292 e. The molecule has 2 heterocycles. The standard InChI is InChI=1S/C20H20BrN3OS/c1-4-24(18-10-9-16(21)11-22-18)20(25)17-12-26-19(23-17)15-7-5-14(6-8-15)13(2)3/h5-13H,4H2,1-3H3. The fourth-order valence-corrected chi connectivity index (χ4v) is 3.63. The van der Waals surface area contributed by atoms with E-state index in [9.17, 15) is 4.79 Å². The number of benzene rings is 1. The summed E-state index contributed by atoms with van der Waals surface area (Å²) < 4.78 is 0.880. The summed E-state index contributed by atoms with van der Waals surface area (Å²) in [4.78, 5) is 23.4. The molecular weight excluding hydrogens is 410 g/mol. The number of carbonyl (C=O) groups excluding carboxylic acids is 1. The lowest BCUT2D eigenvalue weighted by atomic mass is 10.0. The highest BCUT2D eigenvalue weighted by Crippen LogP contribution is 2.27. The first-order chi connectivity index (χ1) is 12.5. The summed E-state index contributed by atoms with van der Waals surface area (Å²) in [5.74, 6) is 0.981. The molecule has 2 aromatic heterocycles. The van der Waals surface area contributed by atoms with Crippen LogP contribution in [0.4, 0.5) is 5.82 Å². The van der Waals surface area contributed by atoms with Crippen molar-refractivity contribution in [3.05, 3.63) is 63.7 Å². The number of carbonyl (C=O) groups is 1. The van der Waals surface area contributed by atoms with E-state index in [0.29, 0.717) is 24.0 Å². The molecule has 0 spiro atoms. The molecule has 1 amide bonds. The van der Waals surface area contributed by atoms with E-state index in [1.807, 2.05) is 24.4 Å². The molecular formula is C20H20BrN3OS. The highest BCUT2D eigenvalue weighted by molar-refractivity contribution is 9.10. The maximum atomic E-state index is 12.9. The molecule has 1 aromatic carbocycles. The molecule has 0 saturated heterocycles. The minimum atomic E-state index is -0.136. The average molecular weight is 430 g/mol. The van der Waals surface area contributed by atoms with Crippen LogP contribution < -0.4 is 4.90 Å². The molecule has 0 saturated carbocycles. The lowest BCUT2D eigenvalue weighted by Crippen LogP contribution is -2.31. The minimum Gasteiger partial charge on any atom is -0.292 e. The smallest absolute Gasteiger partial charge is 0.278 e. The third-order valence-corrected chi connectivity index (χ3v) is 5.46. The van der Waals surface area contributed by atoms with Crippen LogP contribution in [0.1, 0.15) is 42.7 Å². The lowest BCUT2D eigenvalue weighted by Gasteiger charge is -2.18. The van der Waals surface area contributed by atoms with E-state index in [1.165, 1.54) is 16.9 Å². The SMILES string of the molecule is CCN(C(=O)c1csc(-c2ccc(C(C)C)cc2)n1)c1ccc(Br)cn1. The van der Waals surface area contributed by atoms with Gasteiger partial charge in [-0.1, -0.05) is 38.1 Å². The first kappa shape index (κ1) is 18.7. The Kier molecular flexibility index (Phi) is 5.84. The monoisotopic (exact) mass is 429 g/mol. The molecule has 0 bridgehead atoms. The highest BCUT2D eigenvalue weighted by Gasteiger charge is 2.20. The molecule has 0 fully saturated rings. The van der Waals surface area contributed by atoms with Gasteiger partial charge < -0.3 is 0 Å². The zero-order valence-corrected chi connectivity index (χ0v) is 17.3. The van der Waals surface area contributed by atoms with Crippen LogP contribution in [-0.4, -0.2) is 22.4 Å². The van der Waals surface area contributed by atoms with Crippen LogP contribution in [-0.2, 0) is 0 Å². The van der Waals surface area contributed by atoms with Crippen LogP contribution in [0.25, 0.3) is 10.6 Å². The maximum absolute atomic E-state index is 12.9. The van der Waals surface area contributed by atoms with Crippen molar-refractivity contribution in [1.29, 1.82) is 0 Å². The second-order valence-electron chi connectivity index (χ2n) is 6.20. The molecule has 0 N–H and O–H groups in total. The first-order valence-electron chi connectivity index (χ1n) is 8.49. The summed E-state index contributed by atoms with van der Waals surface area (Å²) in [6.07, 6.45) is 1.69. The normalized spacial score (nSPS) is 11.0. The van der Waals surface area contributed by atoms with Crippen LogP contribution in [0.15, 0.2) is 52.4 Å². The summed E-state index contributed by atoms with van der Waals surface area (Å²) in [6.45, 7) is 6.80. The predicted molar refractivity (Wildman–Crippen MR) is 111 cm³/mol. The average Bonchev–Trinajstić information content (AvgIpc) is 3.14. The summed E-state index contributed by atoms with van der Waals surface area (Å²) >= 11 is 4.85. The fraction of sp³-hybridized carbons (Fsp3) is 0.250. The molecule has 134 valence electrons. The van der Waals surface area contributed by atoms with E-state index in [4.69, 9.17) is 0 Å². The van der Waals surface area contributed by atoms with E-state index in [1.54, 1.807) is 11.1 Å².